The van der Waals surface area contributed by atoms with Gasteiger partial charge < -0.3 is 19.4 Å². The van der Waals surface area contributed by atoms with Crippen LogP contribution in [-0.4, -0.2) is 77.9 Å². The number of rotatable bonds is 4. The lowest BCUT2D eigenvalue weighted by atomic mass is 9.88. The molecule has 8 heteroatoms. The van der Waals surface area contributed by atoms with E-state index in [9.17, 15) is 9.59 Å². The number of ether oxygens (including phenoxy) is 2. The van der Waals surface area contributed by atoms with Gasteiger partial charge in [0.1, 0.15) is 0 Å². The second-order valence-corrected chi connectivity index (χ2v) is 7.89. The molecule has 3 aliphatic heterocycles. The van der Waals surface area contributed by atoms with E-state index in [1.807, 2.05) is 0 Å². The molecule has 1 aromatic heterocycles. The van der Waals surface area contributed by atoms with Crippen LogP contribution in [0.2, 0.25) is 0 Å². The molecule has 1 aromatic rings. The van der Waals surface area contributed by atoms with Crippen molar-refractivity contribution in [1.82, 2.24) is 19.8 Å². The fourth-order valence-electron chi connectivity index (χ4n) is 4.44. The topological polar surface area (TPSA) is 90.7 Å². The molecule has 0 aromatic carbocycles. The molecule has 1 unspecified atom stereocenters. The number of morpholine rings is 1. The van der Waals surface area contributed by atoms with Crippen LogP contribution in [0.3, 0.4) is 0 Å². The second-order valence-electron chi connectivity index (χ2n) is 7.89. The third-order valence-electron chi connectivity index (χ3n) is 5.85. The maximum Gasteiger partial charge on any atom is 0.325 e. The standard InChI is InChI=1S/C18H28N4O4/c23-16-9-15(19-17(24)20-16)11-22-6-8-26-18(13-22)2-4-21(5-3-18)10-14-1-7-25-12-14/h9,14H,1-8,10-13H2,(H2,19,20,23,24). The van der Waals surface area contributed by atoms with Crippen molar-refractivity contribution in [3.8, 4) is 0 Å². The lowest BCUT2D eigenvalue weighted by molar-refractivity contribution is -0.138. The minimum Gasteiger partial charge on any atom is -0.381 e. The van der Waals surface area contributed by atoms with Crippen LogP contribution in [-0.2, 0) is 16.0 Å². The van der Waals surface area contributed by atoms with Crippen molar-refractivity contribution in [2.45, 2.75) is 31.4 Å². The van der Waals surface area contributed by atoms with E-state index < -0.39 is 5.69 Å². The van der Waals surface area contributed by atoms with E-state index in [0.717, 1.165) is 58.8 Å². The highest BCUT2D eigenvalue weighted by Gasteiger charge is 2.40. The Labute approximate surface area is 152 Å². The molecule has 3 fully saturated rings. The van der Waals surface area contributed by atoms with Crippen molar-refractivity contribution in [3.05, 3.63) is 32.6 Å². The van der Waals surface area contributed by atoms with Crippen molar-refractivity contribution in [2.75, 3.05) is 52.5 Å². The van der Waals surface area contributed by atoms with Crippen molar-refractivity contribution < 1.29 is 9.47 Å². The van der Waals surface area contributed by atoms with Crippen molar-refractivity contribution in [3.63, 3.8) is 0 Å². The zero-order valence-corrected chi connectivity index (χ0v) is 15.2. The van der Waals surface area contributed by atoms with E-state index in [2.05, 4.69) is 19.8 Å². The third kappa shape index (κ3) is 4.25. The summed E-state index contributed by atoms with van der Waals surface area (Å²) in [6, 6.07) is 1.47. The van der Waals surface area contributed by atoms with Crippen molar-refractivity contribution in [2.24, 2.45) is 5.92 Å². The lowest BCUT2D eigenvalue weighted by Gasteiger charge is -2.47. The highest BCUT2D eigenvalue weighted by Crippen LogP contribution is 2.31. The number of hydrogen-bond donors (Lipinski definition) is 2. The Morgan fingerprint density at radius 3 is 2.69 bits per heavy atom. The number of hydrogen-bond acceptors (Lipinski definition) is 6. The number of likely N-dealkylation sites (tertiary alicyclic amines) is 1. The van der Waals surface area contributed by atoms with Crippen LogP contribution < -0.4 is 11.2 Å². The predicted molar refractivity (Wildman–Crippen MR) is 96.2 cm³/mol. The quantitative estimate of drug-likeness (QED) is 0.767. The summed E-state index contributed by atoms with van der Waals surface area (Å²) in [5.74, 6) is 0.681. The van der Waals surface area contributed by atoms with Crippen LogP contribution in [0.25, 0.3) is 0 Å². The third-order valence-corrected chi connectivity index (χ3v) is 5.85. The Morgan fingerprint density at radius 2 is 1.96 bits per heavy atom. The van der Waals surface area contributed by atoms with E-state index in [1.54, 1.807) is 0 Å². The van der Waals surface area contributed by atoms with Crippen LogP contribution >= 0.6 is 0 Å². The smallest absolute Gasteiger partial charge is 0.325 e. The number of H-pyrrole nitrogens is 2. The first-order chi connectivity index (χ1) is 12.6. The summed E-state index contributed by atoms with van der Waals surface area (Å²) in [5, 5.41) is 0. The Morgan fingerprint density at radius 1 is 1.12 bits per heavy atom. The average molecular weight is 364 g/mol. The van der Waals surface area contributed by atoms with E-state index >= 15 is 0 Å². The molecule has 144 valence electrons. The number of aromatic nitrogens is 2. The van der Waals surface area contributed by atoms with Gasteiger partial charge in [-0.15, -0.1) is 0 Å². The molecule has 0 bridgehead atoms. The van der Waals surface area contributed by atoms with Gasteiger partial charge in [0.25, 0.3) is 5.56 Å². The Bertz CT molecular complexity index is 688. The Kier molecular flexibility index (Phi) is 5.26. The first kappa shape index (κ1) is 17.9. The number of piperidine rings is 1. The molecule has 2 N–H and O–H groups in total. The summed E-state index contributed by atoms with van der Waals surface area (Å²) in [4.78, 5) is 32.7. The van der Waals surface area contributed by atoms with Gasteiger partial charge in [-0.05, 0) is 25.2 Å². The number of nitrogens with zero attached hydrogens (tertiary/aromatic N) is 2. The number of nitrogens with one attached hydrogen (secondary N) is 2. The molecule has 0 aliphatic carbocycles. The highest BCUT2D eigenvalue weighted by molar-refractivity contribution is 5.00. The van der Waals surface area contributed by atoms with E-state index in [0.29, 0.717) is 24.8 Å². The normalized spacial score (nSPS) is 27.2. The fraction of sp³-hybridized carbons (Fsp3) is 0.778. The zero-order valence-electron chi connectivity index (χ0n) is 15.2. The van der Waals surface area contributed by atoms with Gasteiger partial charge in [0.2, 0.25) is 0 Å². The van der Waals surface area contributed by atoms with Crippen molar-refractivity contribution in [1.29, 1.82) is 0 Å². The van der Waals surface area contributed by atoms with Crippen LogP contribution in [0.4, 0.5) is 0 Å². The van der Waals surface area contributed by atoms with E-state index in [4.69, 9.17) is 9.47 Å². The predicted octanol–water partition coefficient (Wildman–Crippen LogP) is -0.233. The largest absolute Gasteiger partial charge is 0.381 e. The maximum atomic E-state index is 11.5. The van der Waals surface area contributed by atoms with Crippen LogP contribution in [0.1, 0.15) is 25.0 Å². The van der Waals surface area contributed by atoms with Gasteiger partial charge in [0.15, 0.2) is 0 Å². The van der Waals surface area contributed by atoms with Crippen molar-refractivity contribution >= 4 is 0 Å². The first-order valence-corrected chi connectivity index (χ1v) is 9.59. The van der Waals surface area contributed by atoms with E-state index in [-0.39, 0.29) is 11.2 Å². The van der Waals surface area contributed by atoms with Crippen LogP contribution in [0.15, 0.2) is 15.7 Å². The molecule has 0 radical (unpaired) electrons. The minimum atomic E-state index is -0.445. The average Bonchev–Trinajstić information content (AvgIpc) is 3.10. The summed E-state index contributed by atoms with van der Waals surface area (Å²) >= 11 is 0. The van der Waals surface area contributed by atoms with Gasteiger partial charge in [0, 0.05) is 57.6 Å². The summed E-state index contributed by atoms with van der Waals surface area (Å²) in [7, 11) is 0. The van der Waals surface area contributed by atoms with Gasteiger partial charge >= 0.3 is 5.69 Å². The van der Waals surface area contributed by atoms with Crippen LogP contribution in [0.5, 0.6) is 0 Å². The molecule has 4 heterocycles. The van der Waals surface area contributed by atoms with Crippen LogP contribution in [0, 0.1) is 5.92 Å². The summed E-state index contributed by atoms with van der Waals surface area (Å²) < 4.78 is 11.7. The maximum absolute atomic E-state index is 11.5. The molecule has 4 rings (SSSR count). The molecule has 8 nitrogen and oxygen atoms in total. The summed E-state index contributed by atoms with van der Waals surface area (Å²) in [6.07, 6.45) is 3.24. The molecule has 26 heavy (non-hydrogen) atoms. The van der Waals surface area contributed by atoms with Gasteiger partial charge in [-0.25, -0.2) is 4.79 Å². The lowest BCUT2D eigenvalue weighted by Crippen LogP contribution is -2.57. The molecule has 0 amide bonds. The first-order valence-electron chi connectivity index (χ1n) is 9.59. The highest BCUT2D eigenvalue weighted by atomic mass is 16.5. The number of aromatic amines is 2. The minimum absolute atomic E-state index is 0.0948. The molecular weight excluding hydrogens is 336 g/mol. The monoisotopic (exact) mass is 364 g/mol. The molecule has 0 saturated carbocycles. The SMILES string of the molecule is O=c1cc(CN2CCOC3(CCN(CC4CCOC4)CC3)C2)[nH]c(=O)[nH]1. The molecule has 3 aliphatic rings. The summed E-state index contributed by atoms with van der Waals surface area (Å²) in [6.45, 7) is 8.01. The molecule has 3 saturated heterocycles. The van der Waals surface area contributed by atoms with Gasteiger partial charge in [-0.2, -0.15) is 0 Å². The summed E-state index contributed by atoms with van der Waals surface area (Å²) in [5.41, 5.74) is -0.229. The van der Waals surface area contributed by atoms with Gasteiger partial charge in [0.05, 0.1) is 18.8 Å². The van der Waals surface area contributed by atoms with E-state index in [1.165, 1.54) is 12.5 Å². The van der Waals surface area contributed by atoms with Gasteiger partial charge in [-0.3, -0.25) is 14.7 Å². The second kappa shape index (κ2) is 7.64. The Balaban J connectivity index is 1.33. The zero-order chi connectivity index (χ0) is 18.0. The molecule has 1 spiro atoms. The molecule has 1 atom stereocenters. The Hall–Kier alpha value is -1.48. The van der Waals surface area contributed by atoms with Gasteiger partial charge in [-0.1, -0.05) is 0 Å². The fourth-order valence-corrected chi connectivity index (χ4v) is 4.44. The molecular formula is C18H28N4O4.